The molecule has 0 aromatic heterocycles. The summed E-state index contributed by atoms with van der Waals surface area (Å²) in [6, 6.07) is 8.87. The molecule has 2 rings (SSSR count). The Morgan fingerprint density at radius 3 is 2.69 bits per heavy atom. The minimum absolute atomic E-state index is 0.0116. The minimum Gasteiger partial charge on any atom is -0.492 e. The van der Waals surface area contributed by atoms with Crippen molar-refractivity contribution >= 4 is 57.5 Å². The van der Waals surface area contributed by atoms with Gasteiger partial charge >= 0.3 is 0 Å². The molecule has 29 heavy (non-hydrogen) atoms. The van der Waals surface area contributed by atoms with Crippen LogP contribution >= 0.6 is 34.2 Å². The van der Waals surface area contributed by atoms with Crippen molar-refractivity contribution in [2.45, 2.75) is 6.92 Å². The van der Waals surface area contributed by atoms with Crippen molar-refractivity contribution in [1.82, 2.24) is 0 Å². The lowest BCUT2D eigenvalue weighted by atomic mass is 10.1. The van der Waals surface area contributed by atoms with Crippen molar-refractivity contribution in [2.24, 2.45) is 0 Å². The van der Waals surface area contributed by atoms with Crippen LogP contribution in [0.1, 0.15) is 12.5 Å². The highest BCUT2D eigenvalue weighted by atomic mass is 127. The van der Waals surface area contributed by atoms with Crippen molar-refractivity contribution < 1.29 is 19.2 Å². The Hall–Kier alpha value is -2.84. The molecule has 10 heteroatoms. The van der Waals surface area contributed by atoms with E-state index in [4.69, 9.17) is 21.1 Å². The molecule has 2 aromatic carbocycles. The summed E-state index contributed by atoms with van der Waals surface area (Å²) >= 11 is 8.05. The Balaban J connectivity index is 2.33. The summed E-state index contributed by atoms with van der Waals surface area (Å²) < 4.78 is 11.6. The van der Waals surface area contributed by atoms with Gasteiger partial charge in [-0.15, -0.1) is 0 Å². The number of ether oxygens (including phenoxy) is 2. The van der Waals surface area contributed by atoms with Gasteiger partial charge in [-0.3, -0.25) is 14.9 Å². The van der Waals surface area contributed by atoms with Gasteiger partial charge in [0.15, 0.2) is 11.5 Å². The van der Waals surface area contributed by atoms with Gasteiger partial charge in [0.25, 0.3) is 11.6 Å². The van der Waals surface area contributed by atoms with E-state index in [1.54, 1.807) is 12.1 Å². The lowest BCUT2D eigenvalue weighted by molar-refractivity contribution is -0.384. The molecule has 0 radical (unpaired) electrons. The Kier molecular flexibility index (Phi) is 7.81. The fourth-order valence-corrected chi connectivity index (χ4v) is 3.42. The maximum absolute atomic E-state index is 12.5. The molecule has 0 aliphatic heterocycles. The number of methoxy groups -OCH3 is 1. The number of rotatable bonds is 7. The molecule has 0 aliphatic rings. The third-order valence-corrected chi connectivity index (χ3v) is 4.74. The SMILES string of the molecule is CCOc1cc(/C=C(\C#N)C(=O)Nc2ccc([N+](=O)[O-])cc2Cl)cc(I)c1OC. The molecule has 0 fully saturated rings. The zero-order valence-corrected chi connectivity index (χ0v) is 18.3. The van der Waals surface area contributed by atoms with Crippen LogP contribution in [-0.2, 0) is 4.79 Å². The number of nitro benzene ring substituents is 1. The number of carbonyl (C=O) groups excluding carboxylic acids is 1. The Bertz CT molecular complexity index is 1030. The quantitative estimate of drug-likeness (QED) is 0.182. The van der Waals surface area contributed by atoms with E-state index in [9.17, 15) is 20.2 Å². The van der Waals surface area contributed by atoms with Gasteiger partial charge in [0.1, 0.15) is 11.6 Å². The maximum atomic E-state index is 12.5. The summed E-state index contributed by atoms with van der Waals surface area (Å²) in [7, 11) is 1.53. The summed E-state index contributed by atoms with van der Waals surface area (Å²) in [6.07, 6.45) is 1.40. The first kappa shape index (κ1) is 22.4. The number of carbonyl (C=O) groups is 1. The highest BCUT2D eigenvalue weighted by molar-refractivity contribution is 14.1. The first-order chi connectivity index (χ1) is 13.8. The van der Waals surface area contributed by atoms with Crippen LogP contribution in [0.25, 0.3) is 6.08 Å². The molecule has 0 aliphatic carbocycles. The number of nitrogens with one attached hydrogen (secondary N) is 1. The number of hydrogen-bond donors (Lipinski definition) is 1. The van der Waals surface area contributed by atoms with Gasteiger partial charge in [0.2, 0.25) is 0 Å². The highest BCUT2D eigenvalue weighted by Crippen LogP contribution is 2.34. The number of benzene rings is 2. The predicted molar refractivity (Wildman–Crippen MR) is 117 cm³/mol. The molecule has 0 spiro atoms. The summed E-state index contributed by atoms with van der Waals surface area (Å²) in [6.45, 7) is 2.25. The van der Waals surface area contributed by atoms with E-state index in [0.717, 1.165) is 9.64 Å². The molecular formula is C19H15ClIN3O5. The molecule has 0 saturated heterocycles. The van der Waals surface area contributed by atoms with E-state index in [1.165, 1.54) is 25.3 Å². The standard InChI is InChI=1S/C19H15ClIN3O5/c1-3-29-17-8-11(7-15(21)18(17)28-2)6-12(10-22)19(25)23-16-5-4-13(24(26)27)9-14(16)20/h4-9H,3H2,1-2H3,(H,23,25)/b12-6+. The smallest absolute Gasteiger partial charge is 0.271 e. The fraction of sp³-hybridized carbons (Fsp3) is 0.158. The average Bonchev–Trinajstić information content (AvgIpc) is 2.67. The van der Waals surface area contributed by atoms with Crippen molar-refractivity contribution in [1.29, 1.82) is 5.26 Å². The molecule has 0 unspecified atom stereocenters. The number of hydrogen-bond acceptors (Lipinski definition) is 6. The topological polar surface area (TPSA) is 114 Å². The van der Waals surface area contributed by atoms with Gasteiger partial charge in [-0.25, -0.2) is 0 Å². The fourth-order valence-electron chi connectivity index (χ4n) is 2.36. The third-order valence-electron chi connectivity index (χ3n) is 3.62. The second-order valence-electron chi connectivity index (χ2n) is 5.51. The van der Waals surface area contributed by atoms with Crippen LogP contribution in [0.3, 0.4) is 0 Å². The second-order valence-corrected chi connectivity index (χ2v) is 7.08. The largest absolute Gasteiger partial charge is 0.492 e. The van der Waals surface area contributed by atoms with Crippen molar-refractivity contribution in [2.75, 3.05) is 19.0 Å². The molecule has 8 nitrogen and oxygen atoms in total. The minimum atomic E-state index is -0.702. The van der Waals surface area contributed by atoms with Crippen LogP contribution in [0.4, 0.5) is 11.4 Å². The lowest BCUT2D eigenvalue weighted by Gasteiger charge is -2.12. The molecule has 150 valence electrons. The van der Waals surface area contributed by atoms with Crippen LogP contribution in [-0.4, -0.2) is 24.5 Å². The lowest BCUT2D eigenvalue weighted by Crippen LogP contribution is -2.13. The van der Waals surface area contributed by atoms with Crippen LogP contribution in [0.2, 0.25) is 5.02 Å². The Labute approximate surface area is 185 Å². The summed E-state index contributed by atoms with van der Waals surface area (Å²) in [4.78, 5) is 22.7. The maximum Gasteiger partial charge on any atom is 0.271 e. The Morgan fingerprint density at radius 2 is 2.14 bits per heavy atom. The molecular weight excluding hydrogens is 513 g/mol. The van der Waals surface area contributed by atoms with Gasteiger partial charge in [-0.1, -0.05) is 11.6 Å². The summed E-state index contributed by atoms with van der Waals surface area (Å²) in [5.41, 5.74) is 0.339. The Morgan fingerprint density at radius 1 is 1.41 bits per heavy atom. The number of nitro groups is 1. The van der Waals surface area contributed by atoms with E-state index in [0.29, 0.717) is 23.7 Å². The van der Waals surface area contributed by atoms with E-state index < -0.39 is 10.8 Å². The van der Waals surface area contributed by atoms with Crippen molar-refractivity contribution in [3.63, 3.8) is 0 Å². The third kappa shape index (κ3) is 5.58. The van der Waals surface area contributed by atoms with Gasteiger partial charge < -0.3 is 14.8 Å². The first-order valence-corrected chi connectivity index (χ1v) is 9.63. The molecule has 0 atom stereocenters. The zero-order valence-electron chi connectivity index (χ0n) is 15.4. The first-order valence-electron chi connectivity index (χ1n) is 8.18. The number of nitriles is 1. The zero-order chi connectivity index (χ0) is 21.6. The van der Waals surface area contributed by atoms with Gasteiger partial charge in [0, 0.05) is 12.1 Å². The molecule has 1 N–H and O–H groups in total. The number of non-ortho nitro benzene ring substituents is 1. The van der Waals surface area contributed by atoms with Crippen LogP contribution < -0.4 is 14.8 Å². The number of halogens is 2. The van der Waals surface area contributed by atoms with Crippen LogP contribution in [0, 0.1) is 25.0 Å². The van der Waals surface area contributed by atoms with Gasteiger partial charge in [0.05, 0.1) is 32.9 Å². The van der Waals surface area contributed by atoms with Gasteiger partial charge in [-0.05, 0) is 59.4 Å². The van der Waals surface area contributed by atoms with Crippen LogP contribution in [0.15, 0.2) is 35.9 Å². The second kappa shape index (κ2) is 10.1. The van der Waals surface area contributed by atoms with E-state index >= 15 is 0 Å². The number of nitrogens with zero attached hydrogens (tertiary/aromatic N) is 2. The predicted octanol–water partition coefficient (Wildman–Crippen LogP) is 4.81. The van der Waals surface area contributed by atoms with Gasteiger partial charge in [-0.2, -0.15) is 5.26 Å². The van der Waals surface area contributed by atoms with E-state index in [1.807, 2.05) is 13.0 Å². The molecule has 1 amide bonds. The monoisotopic (exact) mass is 527 g/mol. The summed E-state index contributed by atoms with van der Waals surface area (Å²) in [5, 5.41) is 22.7. The summed E-state index contributed by atoms with van der Waals surface area (Å²) in [5.74, 6) is 0.349. The van der Waals surface area contributed by atoms with Crippen LogP contribution in [0.5, 0.6) is 11.5 Å². The highest BCUT2D eigenvalue weighted by Gasteiger charge is 2.16. The van der Waals surface area contributed by atoms with E-state index in [-0.39, 0.29) is 22.0 Å². The number of amides is 1. The molecule has 0 heterocycles. The molecule has 2 aromatic rings. The van der Waals surface area contributed by atoms with Crippen molar-refractivity contribution in [3.05, 3.63) is 60.2 Å². The normalized spacial score (nSPS) is 10.8. The average molecular weight is 528 g/mol. The molecule has 0 saturated carbocycles. The molecule has 0 bridgehead atoms. The van der Waals surface area contributed by atoms with Crippen molar-refractivity contribution in [3.8, 4) is 17.6 Å². The number of anilines is 1. The van der Waals surface area contributed by atoms with E-state index in [2.05, 4.69) is 27.9 Å².